The summed E-state index contributed by atoms with van der Waals surface area (Å²) in [6.45, 7) is 10.9. The largest absolute Gasteiger partial charge is 0.382 e. The molecule has 0 amide bonds. The van der Waals surface area contributed by atoms with E-state index in [0.717, 1.165) is 11.5 Å². The molecule has 1 rings (SSSR count). The van der Waals surface area contributed by atoms with Crippen molar-refractivity contribution >= 4 is 32.2 Å². The average Bonchev–Trinajstić information content (AvgIpc) is 2.68. The van der Waals surface area contributed by atoms with E-state index in [2.05, 4.69) is 37.4 Å². The molecule has 0 aliphatic rings. The smallest absolute Gasteiger partial charge is 0.184 e. The van der Waals surface area contributed by atoms with Gasteiger partial charge >= 0.3 is 0 Å². The zero-order chi connectivity index (χ0) is 14.8. The Bertz CT molecular complexity index is 533. The van der Waals surface area contributed by atoms with E-state index >= 15 is 0 Å². The summed E-state index contributed by atoms with van der Waals surface area (Å²) in [5, 5.41) is 3.74. The molecule has 1 aromatic rings. The third kappa shape index (κ3) is 3.60. The van der Waals surface area contributed by atoms with Crippen LogP contribution < -0.4 is 11.1 Å². The molecule has 0 spiro atoms. The standard InChI is InChI=1S/C12H23N3O2S2/c1-6-19(16,17)9-10(13)15-18-11(9)14-7-12(4,5)8(2)3/h8,14H,6-7H2,1-5H3,(H2,13,15). The molecular weight excluding hydrogens is 282 g/mol. The fraction of sp³-hybridized carbons (Fsp3) is 0.750. The predicted molar refractivity (Wildman–Crippen MR) is 81.4 cm³/mol. The second kappa shape index (κ2) is 5.66. The fourth-order valence-corrected chi connectivity index (χ4v) is 3.53. The van der Waals surface area contributed by atoms with Crippen LogP contribution in [0.25, 0.3) is 0 Å². The Kier molecular flexibility index (Phi) is 4.84. The van der Waals surface area contributed by atoms with Crippen molar-refractivity contribution in [3.63, 3.8) is 0 Å². The molecule has 0 aliphatic carbocycles. The van der Waals surface area contributed by atoms with E-state index in [1.165, 1.54) is 0 Å². The lowest BCUT2D eigenvalue weighted by molar-refractivity contribution is 0.270. The summed E-state index contributed by atoms with van der Waals surface area (Å²) in [7, 11) is -3.34. The fourth-order valence-electron chi connectivity index (χ4n) is 1.36. The molecule has 0 unspecified atom stereocenters. The Hall–Kier alpha value is -0.820. The summed E-state index contributed by atoms with van der Waals surface area (Å²) in [6, 6.07) is 0. The molecule has 3 N–H and O–H groups in total. The first-order valence-corrected chi connectivity index (χ1v) is 8.76. The maximum absolute atomic E-state index is 12.0. The van der Waals surface area contributed by atoms with Gasteiger partial charge in [-0.3, -0.25) is 0 Å². The molecule has 0 aliphatic heterocycles. The highest BCUT2D eigenvalue weighted by Crippen LogP contribution is 2.34. The van der Waals surface area contributed by atoms with Crippen LogP contribution in [0, 0.1) is 11.3 Å². The minimum Gasteiger partial charge on any atom is -0.382 e. The highest BCUT2D eigenvalue weighted by atomic mass is 32.2. The van der Waals surface area contributed by atoms with E-state index in [4.69, 9.17) is 5.73 Å². The Balaban J connectivity index is 2.99. The summed E-state index contributed by atoms with van der Waals surface area (Å²) in [6.07, 6.45) is 0. The zero-order valence-corrected chi connectivity index (χ0v) is 13.8. The quantitative estimate of drug-likeness (QED) is 0.844. The van der Waals surface area contributed by atoms with E-state index in [9.17, 15) is 8.42 Å². The van der Waals surface area contributed by atoms with Crippen molar-refractivity contribution in [3.05, 3.63) is 0 Å². The van der Waals surface area contributed by atoms with Crippen LogP contribution in [0.5, 0.6) is 0 Å². The van der Waals surface area contributed by atoms with E-state index in [-0.39, 0.29) is 21.9 Å². The van der Waals surface area contributed by atoms with Gasteiger partial charge in [0.25, 0.3) is 0 Å². The van der Waals surface area contributed by atoms with Crippen molar-refractivity contribution in [3.8, 4) is 0 Å². The zero-order valence-electron chi connectivity index (χ0n) is 12.1. The van der Waals surface area contributed by atoms with Gasteiger partial charge in [0.05, 0.1) is 5.75 Å². The molecule has 110 valence electrons. The number of anilines is 2. The monoisotopic (exact) mass is 305 g/mol. The third-order valence-corrected chi connectivity index (χ3v) is 6.38. The van der Waals surface area contributed by atoms with Gasteiger partial charge < -0.3 is 11.1 Å². The van der Waals surface area contributed by atoms with E-state index in [1.807, 2.05) is 0 Å². The molecule has 19 heavy (non-hydrogen) atoms. The van der Waals surface area contributed by atoms with E-state index in [0.29, 0.717) is 17.5 Å². The molecule has 0 bridgehead atoms. The van der Waals surface area contributed by atoms with Gasteiger partial charge in [-0.25, -0.2) is 8.42 Å². The first kappa shape index (κ1) is 16.2. The molecule has 7 heteroatoms. The maximum atomic E-state index is 12.0. The first-order valence-electron chi connectivity index (χ1n) is 6.33. The van der Waals surface area contributed by atoms with Crippen molar-refractivity contribution in [1.82, 2.24) is 4.37 Å². The SMILES string of the molecule is CCS(=O)(=O)c1c(N)nsc1NCC(C)(C)C(C)C. The van der Waals surface area contributed by atoms with E-state index < -0.39 is 9.84 Å². The summed E-state index contributed by atoms with van der Waals surface area (Å²) >= 11 is 1.11. The molecule has 0 fully saturated rings. The minimum atomic E-state index is -3.34. The summed E-state index contributed by atoms with van der Waals surface area (Å²) < 4.78 is 28.0. The van der Waals surface area contributed by atoms with Crippen molar-refractivity contribution < 1.29 is 8.42 Å². The van der Waals surface area contributed by atoms with Crippen LogP contribution in [0.3, 0.4) is 0 Å². The summed E-state index contributed by atoms with van der Waals surface area (Å²) in [4.78, 5) is 0.152. The van der Waals surface area contributed by atoms with E-state index in [1.54, 1.807) is 6.92 Å². The lowest BCUT2D eigenvalue weighted by atomic mass is 9.81. The van der Waals surface area contributed by atoms with Crippen molar-refractivity contribution in [2.24, 2.45) is 11.3 Å². The number of nitrogen functional groups attached to an aromatic ring is 1. The van der Waals surface area contributed by atoms with Crippen LogP contribution in [0.15, 0.2) is 4.90 Å². The number of sulfone groups is 1. The van der Waals surface area contributed by atoms with Gasteiger partial charge in [0.1, 0.15) is 9.90 Å². The average molecular weight is 305 g/mol. The Labute approximate surface area is 119 Å². The number of aromatic nitrogens is 1. The van der Waals surface area contributed by atoms with Gasteiger partial charge in [-0.15, -0.1) is 0 Å². The van der Waals surface area contributed by atoms with Gasteiger partial charge in [-0.2, -0.15) is 4.37 Å². The minimum absolute atomic E-state index is 0.0257. The van der Waals surface area contributed by atoms with Crippen LogP contribution in [0.4, 0.5) is 10.8 Å². The van der Waals surface area contributed by atoms with Crippen molar-refractivity contribution in [2.45, 2.75) is 39.5 Å². The van der Waals surface area contributed by atoms with Crippen molar-refractivity contribution in [1.29, 1.82) is 0 Å². The molecule has 0 radical (unpaired) electrons. The molecule has 0 saturated heterocycles. The number of hydrogen-bond donors (Lipinski definition) is 2. The molecule has 0 atom stereocenters. The van der Waals surface area contributed by atoms with Crippen LogP contribution in [-0.2, 0) is 9.84 Å². The second-order valence-corrected chi connectivity index (χ2v) is 8.61. The predicted octanol–water partition coefficient (Wildman–Crippen LogP) is 2.61. The van der Waals surface area contributed by atoms with Crippen LogP contribution in [0.1, 0.15) is 34.6 Å². The Morgan fingerprint density at radius 2 is 2.00 bits per heavy atom. The number of rotatable bonds is 6. The van der Waals surface area contributed by atoms with Crippen LogP contribution in [-0.4, -0.2) is 25.1 Å². The van der Waals surface area contributed by atoms with Gasteiger partial charge in [0, 0.05) is 6.54 Å². The number of nitrogens with two attached hydrogens (primary N) is 1. The Morgan fingerprint density at radius 1 is 1.42 bits per heavy atom. The number of hydrogen-bond acceptors (Lipinski definition) is 6. The second-order valence-electron chi connectivity index (χ2n) is 5.63. The molecule has 0 saturated carbocycles. The summed E-state index contributed by atoms with van der Waals surface area (Å²) in [5.74, 6) is 0.603. The summed E-state index contributed by atoms with van der Waals surface area (Å²) in [5.41, 5.74) is 5.74. The normalized spacial score (nSPS) is 12.9. The third-order valence-electron chi connectivity index (χ3n) is 3.63. The van der Waals surface area contributed by atoms with Crippen LogP contribution in [0.2, 0.25) is 0 Å². The lowest BCUT2D eigenvalue weighted by Gasteiger charge is -2.29. The van der Waals surface area contributed by atoms with Gasteiger partial charge in [0.2, 0.25) is 0 Å². The highest BCUT2D eigenvalue weighted by Gasteiger charge is 2.27. The number of nitrogens with one attached hydrogen (secondary N) is 1. The van der Waals surface area contributed by atoms with Crippen LogP contribution >= 0.6 is 11.5 Å². The molecular formula is C12H23N3O2S2. The molecule has 1 aromatic heterocycles. The lowest BCUT2D eigenvalue weighted by Crippen LogP contribution is -2.28. The first-order chi connectivity index (χ1) is 8.62. The molecule has 5 nitrogen and oxygen atoms in total. The maximum Gasteiger partial charge on any atom is 0.184 e. The topological polar surface area (TPSA) is 85.1 Å². The Morgan fingerprint density at radius 3 is 2.47 bits per heavy atom. The van der Waals surface area contributed by atoms with Crippen molar-refractivity contribution in [2.75, 3.05) is 23.3 Å². The van der Waals surface area contributed by atoms with Gasteiger partial charge in [-0.1, -0.05) is 34.6 Å². The van der Waals surface area contributed by atoms with Gasteiger partial charge in [-0.05, 0) is 22.9 Å². The molecule has 0 aromatic carbocycles. The molecule has 1 heterocycles. The highest BCUT2D eigenvalue weighted by molar-refractivity contribution is 7.91. The number of nitrogens with zero attached hydrogens (tertiary/aromatic N) is 1. The van der Waals surface area contributed by atoms with Gasteiger partial charge in [0.15, 0.2) is 15.7 Å².